The van der Waals surface area contributed by atoms with Gasteiger partial charge in [-0.25, -0.2) is 4.79 Å². The molecule has 104 valence electrons. The van der Waals surface area contributed by atoms with Crippen molar-refractivity contribution in [2.45, 2.75) is 32.0 Å². The standard InChI is InChI=1S/C10H14ClF3N2O2/c1-9(2)6(10(12,13)14)3-4-16(9)8(18)15-7(17)5-11/h6H,3-5H2,1-2H3,(H,15,17,18). The molecule has 0 radical (unpaired) electrons. The Morgan fingerprint density at radius 3 is 2.39 bits per heavy atom. The van der Waals surface area contributed by atoms with E-state index in [1.54, 1.807) is 0 Å². The van der Waals surface area contributed by atoms with Gasteiger partial charge in [-0.2, -0.15) is 13.2 Å². The van der Waals surface area contributed by atoms with Gasteiger partial charge < -0.3 is 4.90 Å². The van der Waals surface area contributed by atoms with Gasteiger partial charge in [-0.1, -0.05) is 0 Å². The maximum Gasteiger partial charge on any atom is 0.394 e. The van der Waals surface area contributed by atoms with Crippen LogP contribution in [0.15, 0.2) is 0 Å². The summed E-state index contributed by atoms with van der Waals surface area (Å²) < 4.78 is 38.3. The minimum Gasteiger partial charge on any atom is -0.319 e. The molecule has 1 heterocycles. The van der Waals surface area contributed by atoms with Crippen LogP contribution in [0.5, 0.6) is 0 Å². The monoisotopic (exact) mass is 286 g/mol. The van der Waals surface area contributed by atoms with Gasteiger partial charge in [-0.15, -0.1) is 11.6 Å². The molecule has 0 aromatic rings. The van der Waals surface area contributed by atoms with Gasteiger partial charge in [0, 0.05) is 6.54 Å². The summed E-state index contributed by atoms with van der Waals surface area (Å²) in [6, 6.07) is -0.836. The average molecular weight is 287 g/mol. The molecule has 0 aliphatic carbocycles. The number of likely N-dealkylation sites (tertiary alicyclic amines) is 1. The molecule has 0 spiro atoms. The Hall–Kier alpha value is -0.980. The third-order valence-electron chi connectivity index (χ3n) is 3.20. The van der Waals surface area contributed by atoms with Gasteiger partial charge in [-0.3, -0.25) is 10.1 Å². The normalized spacial score (nSPS) is 23.0. The summed E-state index contributed by atoms with van der Waals surface area (Å²) in [4.78, 5) is 23.6. The lowest BCUT2D eigenvalue weighted by Gasteiger charge is -2.36. The Morgan fingerprint density at radius 1 is 1.44 bits per heavy atom. The Bertz CT molecular complexity index is 358. The minimum atomic E-state index is -4.37. The van der Waals surface area contributed by atoms with E-state index in [1.165, 1.54) is 13.8 Å². The molecule has 1 N–H and O–H groups in total. The van der Waals surface area contributed by atoms with E-state index in [1.807, 2.05) is 5.32 Å². The van der Waals surface area contributed by atoms with E-state index in [2.05, 4.69) is 0 Å². The largest absolute Gasteiger partial charge is 0.394 e. The lowest BCUT2D eigenvalue weighted by molar-refractivity contribution is -0.189. The highest BCUT2D eigenvalue weighted by Gasteiger charge is 2.56. The molecule has 1 saturated heterocycles. The summed E-state index contributed by atoms with van der Waals surface area (Å²) in [6.45, 7) is 2.63. The van der Waals surface area contributed by atoms with Crippen molar-refractivity contribution in [3.8, 4) is 0 Å². The van der Waals surface area contributed by atoms with Crippen molar-refractivity contribution in [2.24, 2.45) is 5.92 Å². The average Bonchev–Trinajstić information content (AvgIpc) is 2.52. The van der Waals surface area contributed by atoms with E-state index in [0.717, 1.165) is 4.90 Å². The highest BCUT2D eigenvalue weighted by atomic mass is 35.5. The fourth-order valence-electron chi connectivity index (χ4n) is 2.24. The second-order valence-corrected chi connectivity index (χ2v) is 4.94. The van der Waals surface area contributed by atoms with Gasteiger partial charge in [0.25, 0.3) is 0 Å². The lowest BCUT2D eigenvalue weighted by Crippen LogP contribution is -2.54. The molecule has 3 amide bonds. The topological polar surface area (TPSA) is 49.4 Å². The smallest absolute Gasteiger partial charge is 0.319 e. The van der Waals surface area contributed by atoms with Gasteiger partial charge in [-0.05, 0) is 20.3 Å². The SMILES string of the molecule is CC1(C)C(C(F)(F)F)CCN1C(=O)NC(=O)CCl. The van der Waals surface area contributed by atoms with Gasteiger partial charge in [0.15, 0.2) is 0 Å². The number of urea groups is 1. The van der Waals surface area contributed by atoms with E-state index in [-0.39, 0.29) is 13.0 Å². The predicted molar refractivity (Wildman–Crippen MR) is 59.2 cm³/mol. The van der Waals surface area contributed by atoms with Gasteiger partial charge in [0.2, 0.25) is 5.91 Å². The zero-order valence-electron chi connectivity index (χ0n) is 9.97. The van der Waals surface area contributed by atoms with Crippen LogP contribution in [-0.2, 0) is 4.79 Å². The Morgan fingerprint density at radius 2 is 2.00 bits per heavy atom. The number of alkyl halides is 4. The fourth-order valence-corrected chi connectivity index (χ4v) is 2.30. The van der Waals surface area contributed by atoms with Crippen LogP contribution in [0.25, 0.3) is 0 Å². The quantitative estimate of drug-likeness (QED) is 0.751. The number of hydrogen-bond donors (Lipinski definition) is 1. The van der Waals surface area contributed by atoms with Crippen molar-refractivity contribution >= 4 is 23.5 Å². The number of nitrogens with one attached hydrogen (secondary N) is 1. The zero-order valence-corrected chi connectivity index (χ0v) is 10.7. The molecular formula is C10H14ClF3N2O2. The molecule has 1 fully saturated rings. The third-order valence-corrected chi connectivity index (χ3v) is 3.44. The molecule has 0 aromatic heterocycles. The number of imide groups is 1. The van der Waals surface area contributed by atoms with Crippen LogP contribution in [0.2, 0.25) is 0 Å². The number of carbonyl (C=O) groups is 2. The molecule has 0 saturated carbocycles. The van der Waals surface area contributed by atoms with Crippen molar-refractivity contribution in [3.63, 3.8) is 0 Å². The van der Waals surface area contributed by atoms with Crippen molar-refractivity contribution in [1.29, 1.82) is 0 Å². The molecule has 4 nitrogen and oxygen atoms in total. The summed E-state index contributed by atoms with van der Waals surface area (Å²) in [5.74, 6) is -2.74. The van der Waals surface area contributed by atoms with Crippen molar-refractivity contribution < 1.29 is 22.8 Å². The highest BCUT2D eigenvalue weighted by molar-refractivity contribution is 6.28. The first-order chi connectivity index (χ1) is 8.10. The molecular weight excluding hydrogens is 273 g/mol. The van der Waals surface area contributed by atoms with E-state index in [0.29, 0.717) is 0 Å². The molecule has 1 atom stereocenters. The molecule has 18 heavy (non-hydrogen) atoms. The molecule has 1 aliphatic heterocycles. The number of amides is 3. The molecule has 1 rings (SSSR count). The second kappa shape index (κ2) is 4.95. The summed E-state index contributed by atoms with van der Waals surface area (Å²) >= 11 is 5.21. The Labute approximate surface area is 107 Å². The van der Waals surface area contributed by atoms with E-state index < -0.39 is 35.5 Å². The van der Waals surface area contributed by atoms with Crippen LogP contribution < -0.4 is 5.32 Å². The van der Waals surface area contributed by atoms with Gasteiger partial charge in [0.05, 0.1) is 11.5 Å². The van der Waals surface area contributed by atoms with E-state index in [9.17, 15) is 22.8 Å². The lowest BCUT2D eigenvalue weighted by atomic mass is 9.88. The van der Waals surface area contributed by atoms with Crippen molar-refractivity contribution in [3.05, 3.63) is 0 Å². The van der Waals surface area contributed by atoms with Crippen LogP contribution in [0.3, 0.4) is 0 Å². The Kier molecular flexibility index (Phi) is 4.15. The van der Waals surface area contributed by atoms with Gasteiger partial charge in [0.1, 0.15) is 5.88 Å². The highest BCUT2D eigenvalue weighted by Crippen LogP contribution is 2.44. The first-order valence-corrected chi connectivity index (χ1v) is 5.88. The molecule has 1 aliphatic rings. The van der Waals surface area contributed by atoms with Crippen molar-refractivity contribution in [1.82, 2.24) is 10.2 Å². The number of rotatable bonds is 1. The summed E-state index contributed by atoms with van der Waals surface area (Å²) in [5.41, 5.74) is -1.38. The number of hydrogen-bond acceptors (Lipinski definition) is 2. The number of carbonyl (C=O) groups excluding carboxylic acids is 2. The molecule has 1 unspecified atom stereocenters. The zero-order chi connectivity index (χ0) is 14.1. The summed E-state index contributed by atoms with van der Waals surface area (Å²) in [5, 5.41) is 1.95. The maximum absolute atomic E-state index is 12.8. The van der Waals surface area contributed by atoms with Crippen LogP contribution in [0, 0.1) is 5.92 Å². The summed E-state index contributed by atoms with van der Waals surface area (Å²) in [6.07, 6.45) is -4.53. The number of nitrogens with zero attached hydrogens (tertiary/aromatic N) is 1. The number of halogens is 4. The molecule has 0 aromatic carbocycles. The van der Waals surface area contributed by atoms with Crippen molar-refractivity contribution in [2.75, 3.05) is 12.4 Å². The minimum absolute atomic E-state index is 0.0431. The first-order valence-electron chi connectivity index (χ1n) is 5.35. The second-order valence-electron chi connectivity index (χ2n) is 4.68. The van der Waals surface area contributed by atoms with Crippen LogP contribution in [0.4, 0.5) is 18.0 Å². The van der Waals surface area contributed by atoms with Crippen LogP contribution in [-0.4, -0.2) is 41.0 Å². The Balaban J connectivity index is 2.82. The summed E-state index contributed by atoms with van der Waals surface area (Å²) in [7, 11) is 0. The maximum atomic E-state index is 12.8. The molecule has 0 bridgehead atoms. The van der Waals surface area contributed by atoms with E-state index in [4.69, 9.17) is 11.6 Å². The van der Waals surface area contributed by atoms with Crippen LogP contribution >= 0.6 is 11.6 Å². The van der Waals surface area contributed by atoms with E-state index >= 15 is 0 Å². The fraction of sp³-hybridized carbons (Fsp3) is 0.800. The molecule has 8 heteroatoms. The first kappa shape index (κ1) is 15.1. The predicted octanol–water partition coefficient (Wildman–Crippen LogP) is 2.12. The third kappa shape index (κ3) is 2.88. The van der Waals surface area contributed by atoms with Crippen LogP contribution in [0.1, 0.15) is 20.3 Å². The van der Waals surface area contributed by atoms with Gasteiger partial charge >= 0.3 is 12.2 Å².